The Balaban J connectivity index is 4.29. The highest BCUT2D eigenvalue weighted by atomic mass is 32.2. The highest BCUT2D eigenvalue weighted by molar-refractivity contribution is 7.92. The molecule has 0 spiro atoms. The van der Waals surface area contributed by atoms with Crippen LogP contribution in [0, 0.1) is 0 Å². The minimum Gasteiger partial charge on any atom is -0.350 e. The van der Waals surface area contributed by atoms with Crippen molar-refractivity contribution in [3.63, 3.8) is 0 Å². The van der Waals surface area contributed by atoms with Crippen LogP contribution in [0.25, 0.3) is 0 Å². The van der Waals surface area contributed by atoms with E-state index in [9.17, 15) is 13.2 Å². The number of hydrogen-bond acceptors (Lipinski definition) is 4. The summed E-state index contributed by atoms with van der Waals surface area (Å²) in [6, 6.07) is -0.167. The van der Waals surface area contributed by atoms with Gasteiger partial charge in [0.05, 0.1) is 5.75 Å². The minimum absolute atomic E-state index is 0.0371. The van der Waals surface area contributed by atoms with E-state index in [4.69, 9.17) is 5.73 Å². The van der Waals surface area contributed by atoms with Crippen molar-refractivity contribution < 1.29 is 13.2 Å². The Kier molecular flexibility index (Phi) is 6.12. The lowest BCUT2D eigenvalue weighted by Gasteiger charge is -2.24. The van der Waals surface area contributed by atoms with Crippen molar-refractivity contribution in [3.8, 4) is 0 Å². The van der Waals surface area contributed by atoms with Crippen molar-refractivity contribution in [1.29, 1.82) is 0 Å². The molecular weight excluding hydrogens is 240 g/mol. The Morgan fingerprint density at radius 2 is 1.94 bits per heavy atom. The summed E-state index contributed by atoms with van der Waals surface area (Å²) < 4.78 is 23.2. The number of carbonyl (C=O) groups is 1. The molecule has 0 aromatic heterocycles. The van der Waals surface area contributed by atoms with Crippen LogP contribution in [0.15, 0.2) is 0 Å². The van der Waals surface area contributed by atoms with Crippen LogP contribution in [0.5, 0.6) is 0 Å². The zero-order chi connectivity index (χ0) is 13.7. The molecule has 0 saturated heterocycles. The Morgan fingerprint density at radius 3 is 2.35 bits per heavy atom. The normalized spacial score (nSPS) is 14.4. The van der Waals surface area contributed by atoms with Crippen LogP contribution < -0.4 is 11.1 Å². The van der Waals surface area contributed by atoms with Gasteiger partial charge in [0.25, 0.3) is 0 Å². The number of rotatable bonds is 7. The largest absolute Gasteiger partial charge is 0.350 e. The van der Waals surface area contributed by atoms with Crippen LogP contribution in [-0.4, -0.2) is 37.4 Å². The smallest absolute Gasteiger partial charge is 0.235 e. The lowest BCUT2D eigenvalue weighted by molar-refractivity contribution is -0.120. The average molecular weight is 264 g/mol. The maximum absolute atomic E-state index is 11.6. The van der Waals surface area contributed by atoms with Gasteiger partial charge in [0.2, 0.25) is 5.91 Å². The molecule has 0 aromatic carbocycles. The molecule has 0 aliphatic heterocycles. The van der Waals surface area contributed by atoms with Gasteiger partial charge >= 0.3 is 0 Å². The molecule has 17 heavy (non-hydrogen) atoms. The summed E-state index contributed by atoms with van der Waals surface area (Å²) in [5.41, 5.74) is 5.12. The highest BCUT2D eigenvalue weighted by Crippen LogP contribution is 2.07. The third-order valence-corrected chi connectivity index (χ3v) is 4.16. The quantitative estimate of drug-likeness (QED) is 0.698. The van der Waals surface area contributed by atoms with E-state index < -0.39 is 21.5 Å². The maximum Gasteiger partial charge on any atom is 0.235 e. The molecule has 1 unspecified atom stereocenters. The fraction of sp³-hybridized carbons (Fsp3) is 0.909. The summed E-state index contributed by atoms with van der Waals surface area (Å²) >= 11 is 0. The molecule has 0 rings (SSSR count). The molecule has 3 N–H and O–H groups in total. The Labute approximate surface area is 104 Å². The van der Waals surface area contributed by atoms with Gasteiger partial charge in [0, 0.05) is 11.6 Å². The lowest BCUT2D eigenvalue weighted by Crippen LogP contribution is -2.45. The van der Waals surface area contributed by atoms with E-state index in [0.29, 0.717) is 6.42 Å². The predicted molar refractivity (Wildman–Crippen MR) is 69.4 cm³/mol. The number of amides is 1. The second-order valence-electron chi connectivity index (χ2n) is 5.14. The van der Waals surface area contributed by atoms with Gasteiger partial charge in [-0.05, 0) is 33.6 Å². The van der Waals surface area contributed by atoms with Crippen LogP contribution in [0.1, 0.15) is 40.5 Å². The third kappa shape index (κ3) is 8.15. The molecule has 5 nitrogen and oxygen atoms in total. The zero-order valence-electron chi connectivity index (χ0n) is 11.1. The molecular formula is C11H24N2O3S. The molecule has 0 aliphatic rings. The summed E-state index contributed by atoms with van der Waals surface area (Å²) in [5, 5.41) is 2.70. The topological polar surface area (TPSA) is 89.3 Å². The highest BCUT2D eigenvalue weighted by Gasteiger charge is 2.22. The second kappa shape index (κ2) is 6.35. The molecule has 0 aromatic rings. The van der Waals surface area contributed by atoms with E-state index in [1.165, 1.54) is 0 Å². The Bertz CT molecular complexity index is 348. The van der Waals surface area contributed by atoms with E-state index in [2.05, 4.69) is 5.32 Å². The van der Waals surface area contributed by atoms with Crippen molar-refractivity contribution in [1.82, 2.24) is 5.32 Å². The molecule has 102 valence electrons. The van der Waals surface area contributed by atoms with Gasteiger partial charge in [-0.25, -0.2) is 8.42 Å². The first-order chi connectivity index (χ1) is 7.58. The average Bonchev–Trinajstić information content (AvgIpc) is 2.13. The van der Waals surface area contributed by atoms with Crippen molar-refractivity contribution in [2.45, 2.75) is 52.1 Å². The SMILES string of the molecule is CCC(C)(C)NC(=O)CS(=O)(=O)CCC(C)N. The number of carbonyl (C=O) groups excluding carboxylic acids is 1. The van der Waals surface area contributed by atoms with E-state index >= 15 is 0 Å². The molecule has 0 aliphatic carbocycles. The second-order valence-corrected chi connectivity index (χ2v) is 7.33. The van der Waals surface area contributed by atoms with Crippen molar-refractivity contribution in [2.24, 2.45) is 5.73 Å². The third-order valence-electron chi connectivity index (χ3n) is 2.60. The fourth-order valence-electron chi connectivity index (χ4n) is 1.14. The molecule has 0 fully saturated rings. The van der Waals surface area contributed by atoms with Crippen molar-refractivity contribution >= 4 is 15.7 Å². The van der Waals surface area contributed by atoms with Crippen LogP contribution in [0.4, 0.5) is 0 Å². The zero-order valence-corrected chi connectivity index (χ0v) is 11.9. The number of nitrogens with one attached hydrogen (secondary N) is 1. The van der Waals surface area contributed by atoms with Gasteiger partial charge in [-0.1, -0.05) is 6.92 Å². The maximum atomic E-state index is 11.6. The summed E-state index contributed by atoms with van der Waals surface area (Å²) in [4.78, 5) is 11.6. The molecule has 0 radical (unpaired) electrons. The van der Waals surface area contributed by atoms with Gasteiger partial charge < -0.3 is 11.1 Å². The van der Waals surface area contributed by atoms with Crippen LogP contribution in [0.2, 0.25) is 0 Å². The molecule has 0 bridgehead atoms. The van der Waals surface area contributed by atoms with Gasteiger partial charge in [0.1, 0.15) is 5.75 Å². The van der Waals surface area contributed by atoms with Crippen molar-refractivity contribution in [2.75, 3.05) is 11.5 Å². The number of sulfone groups is 1. The van der Waals surface area contributed by atoms with E-state index in [1.54, 1.807) is 6.92 Å². The Morgan fingerprint density at radius 1 is 1.41 bits per heavy atom. The van der Waals surface area contributed by atoms with E-state index in [0.717, 1.165) is 6.42 Å². The first-order valence-electron chi connectivity index (χ1n) is 5.85. The summed E-state index contributed by atoms with van der Waals surface area (Å²) in [6.45, 7) is 7.40. The van der Waals surface area contributed by atoms with Crippen LogP contribution in [-0.2, 0) is 14.6 Å². The lowest BCUT2D eigenvalue weighted by atomic mass is 10.0. The fourth-order valence-corrected chi connectivity index (χ4v) is 2.49. The predicted octanol–water partition coefficient (Wildman–Crippen LogP) is 0.443. The van der Waals surface area contributed by atoms with Crippen molar-refractivity contribution in [3.05, 3.63) is 0 Å². The number of hydrogen-bond donors (Lipinski definition) is 2. The van der Waals surface area contributed by atoms with Crippen LogP contribution >= 0.6 is 0 Å². The molecule has 1 amide bonds. The minimum atomic E-state index is -3.35. The standard InChI is InChI=1S/C11H24N2O3S/c1-5-11(3,4)13-10(14)8-17(15,16)7-6-9(2)12/h9H,5-8,12H2,1-4H3,(H,13,14). The number of nitrogens with two attached hydrogens (primary N) is 1. The first-order valence-corrected chi connectivity index (χ1v) is 7.67. The summed E-state index contributed by atoms with van der Waals surface area (Å²) in [5.74, 6) is -0.935. The van der Waals surface area contributed by atoms with Gasteiger partial charge in [-0.15, -0.1) is 0 Å². The molecule has 1 atom stereocenters. The molecule has 0 saturated carbocycles. The summed E-state index contributed by atoms with van der Waals surface area (Å²) in [7, 11) is -3.35. The van der Waals surface area contributed by atoms with Crippen LogP contribution in [0.3, 0.4) is 0 Å². The van der Waals surface area contributed by atoms with E-state index in [1.807, 2.05) is 20.8 Å². The van der Waals surface area contributed by atoms with Gasteiger partial charge in [-0.3, -0.25) is 4.79 Å². The van der Waals surface area contributed by atoms with Gasteiger partial charge in [-0.2, -0.15) is 0 Å². The molecule has 0 heterocycles. The Hall–Kier alpha value is -0.620. The first kappa shape index (κ1) is 16.4. The van der Waals surface area contributed by atoms with E-state index in [-0.39, 0.29) is 17.3 Å². The monoisotopic (exact) mass is 264 g/mol. The van der Waals surface area contributed by atoms with Gasteiger partial charge in [0.15, 0.2) is 9.84 Å². The summed E-state index contributed by atoms with van der Waals surface area (Å²) in [6.07, 6.45) is 1.13. The molecule has 6 heteroatoms.